The molecule has 158 valence electrons. The highest BCUT2D eigenvalue weighted by molar-refractivity contribution is 6.06. The van der Waals surface area contributed by atoms with Crippen LogP contribution in [0, 0.1) is 0 Å². The number of primary amides is 1. The Kier molecular flexibility index (Phi) is 4.48. The molecule has 2 aromatic carbocycles. The van der Waals surface area contributed by atoms with Gasteiger partial charge in [-0.25, -0.2) is 0 Å². The second kappa shape index (κ2) is 7.35. The molecule has 0 spiro atoms. The zero-order chi connectivity index (χ0) is 22.4. The zero-order valence-electron chi connectivity index (χ0n) is 17.1. The molecule has 1 aliphatic heterocycles. The molecule has 0 radical (unpaired) electrons. The quantitative estimate of drug-likeness (QED) is 0.335. The van der Waals surface area contributed by atoms with Crippen molar-refractivity contribution in [2.24, 2.45) is 5.73 Å². The van der Waals surface area contributed by atoms with E-state index >= 15 is 0 Å². The maximum absolute atomic E-state index is 13.0. The third kappa shape index (κ3) is 3.09. The van der Waals surface area contributed by atoms with Crippen LogP contribution in [0.2, 0.25) is 0 Å². The number of hydrogen-bond acceptors (Lipinski definition) is 5. The van der Waals surface area contributed by atoms with Gasteiger partial charge in [0.25, 0.3) is 5.91 Å². The van der Waals surface area contributed by atoms with Gasteiger partial charge in [-0.1, -0.05) is 18.7 Å². The van der Waals surface area contributed by atoms with Crippen molar-refractivity contribution in [2.45, 2.75) is 6.54 Å². The van der Waals surface area contributed by atoms with Crippen LogP contribution in [0.5, 0.6) is 0 Å². The van der Waals surface area contributed by atoms with E-state index in [-0.39, 0.29) is 18.0 Å². The Bertz CT molecular complexity index is 1410. The summed E-state index contributed by atoms with van der Waals surface area (Å²) in [5, 5.41) is 8.47. The molecule has 32 heavy (non-hydrogen) atoms. The number of nitrogens with zero attached hydrogens (tertiary/aromatic N) is 3. The van der Waals surface area contributed by atoms with Gasteiger partial charge in [0.15, 0.2) is 0 Å². The molecule has 0 unspecified atom stereocenters. The standard InChI is InChI=1S/C24H20N6O2/c1-13(23(26)31)11-30-12-18-16(5-6-19(25)21(18)24(30)32)14-4-7-20-17(9-14)22(29-28-20)15-3-2-8-27-10-15/h2-10H,1,11-12,25H2,(H2,26,31)(H,28,29). The van der Waals surface area contributed by atoms with Gasteiger partial charge in [0.05, 0.1) is 17.6 Å². The maximum Gasteiger partial charge on any atom is 0.256 e. The summed E-state index contributed by atoms with van der Waals surface area (Å²) >= 11 is 0. The van der Waals surface area contributed by atoms with Crippen molar-refractivity contribution in [3.8, 4) is 22.4 Å². The number of carbonyl (C=O) groups is 2. The number of fused-ring (bicyclic) bond motifs is 2. The van der Waals surface area contributed by atoms with E-state index in [9.17, 15) is 9.59 Å². The van der Waals surface area contributed by atoms with Crippen molar-refractivity contribution in [3.63, 3.8) is 0 Å². The van der Waals surface area contributed by atoms with Gasteiger partial charge in [-0.2, -0.15) is 5.10 Å². The van der Waals surface area contributed by atoms with Gasteiger partial charge < -0.3 is 16.4 Å². The lowest BCUT2D eigenvalue weighted by Crippen LogP contribution is -2.30. The van der Waals surface area contributed by atoms with Gasteiger partial charge in [0.1, 0.15) is 5.69 Å². The molecule has 0 atom stereocenters. The first-order valence-electron chi connectivity index (χ1n) is 10.0. The fourth-order valence-corrected chi connectivity index (χ4v) is 4.11. The van der Waals surface area contributed by atoms with Gasteiger partial charge in [0.2, 0.25) is 5.91 Å². The van der Waals surface area contributed by atoms with Gasteiger partial charge in [0, 0.05) is 41.1 Å². The van der Waals surface area contributed by atoms with Crippen molar-refractivity contribution in [1.82, 2.24) is 20.1 Å². The number of H-pyrrole nitrogens is 1. The number of nitrogens with one attached hydrogen (secondary N) is 1. The first kappa shape index (κ1) is 19.5. The van der Waals surface area contributed by atoms with Crippen molar-refractivity contribution in [1.29, 1.82) is 0 Å². The Morgan fingerprint density at radius 1 is 1.19 bits per heavy atom. The number of pyridine rings is 1. The lowest BCUT2D eigenvalue weighted by atomic mass is 9.94. The van der Waals surface area contributed by atoms with Gasteiger partial charge in [-0.3, -0.25) is 19.7 Å². The van der Waals surface area contributed by atoms with Gasteiger partial charge in [-0.05, 0) is 47.0 Å². The molecule has 2 amide bonds. The van der Waals surface area contributed by atoms with E-state index < -0.39 is 5.91 Å². The summed E-state index contributed by atoms with van der Waals surface area (Å²) in [4.78, 5) is 30.1. The molecule has 0 bridgehead atoms. The highest BCUT2D eigenvalue weighted by Gasteiger charge is 2.32. The van der Waals surface area contributed by atoms with E-state index in [2.05, 4.69) is 21.8 Å². The number of nitrogen functional groups attached to an aromatic ring is 1. The lowest BCUT2D eigenvalue weighted by molar-refractivity contribution is -0.114. The Labute approximate surface area is 183 Å². The highest BCUT2D eigenvalue weighted by atomic mass is 16.2. The average Bonchev–Trinajstić information content (AvgIpc) is 3.36. The third-order valence-corrected chi connectivity index (χ3v) is 5.73. The average molecular weight is 424 g/mol. The van der Waals surface area contributed by atoms with E-state index in [0.29, 0.717) is 17.8 Å². The molecule has 5 N–H and O–H groups in total. The summed E-state index contributed by atoms with van der Waals surface area (Å²) in [7, 11) is 0. The van der Waals surface area contributed by atoms with Crippen LogP contribution >= 0.6 is 0 Å². The van der Waals surface area contributed by atoms with E-state index in [1.54, 1.807) is 18.5 Å². The van der Waals surface area contributed by atoms with Crippen LogP contribution in [0.3, 0.4) is 0 Å². The molecule has 3 heterocycles. The summed E-state index contributed by atoms with van der Waals surface area (Å²) < 4.78 is 0. The van der Waals surface area contributed by atoms with Crippen LogP contribution in [-0.2, 0) is 11.3 Å². The summed E-state index contributed by atoms with van der Waals surface area (Å²) in [5.41, 5.74) is 17.8. The maximum atomic E-state index is 13.0. The highest BCUT2D eigenvalue weighted by Crippen LogP contribution is 2.38. The molecule has 0 saturated carbocycles. The topological polar surface area (TPSA) is 131 Å². The predicted octanol–water partition coefficient (Wildman–Crippen LogP) is 2.87. The Morgan fingerprint density at radius 2 is 2.03 bits per heavy atom. The molecule has 8 heteroatoms. The molecular formula is C24H20N6O2. The number of amides is 2. The van der Waals surface area contributed by atoms with Crippen LogP contribution < -0.4 is 11.5 Å². The summed E-state index contributed by atoms with van der Waals surface area (Å²) in [6.07, 6.45) is 3.49. The van der Waals surface area contributed by atoms with Crippen LogP contribution in [0.1, 0.15) is 15.9 Å². The van der Waals surface area contributed by atoms with Crippen LogP contribution in [-0.4, -0.2) is 38.4 Å². The molecule has 5 rings (SSSR count). The largest absolute Gasteiger partial charge is 0.398 e. The Morgan fingerprint density at radius 3 is 2.78 bits per heavy atom. The van der Waals surface area contributed by atoms with Crippen LogP contribution in [0.4, 0.5) is 5.69 Å². The molecule has 0 saturated heterocycles. The number of aromatic amines is 1. The first-order valence-corrected chi connectivity index (χ1v) is 10.0. The van der Waals surface area contributed by atoms with Crippen LogP contribution in [0.15, 0.2) is 67.0 Å². The number of anilines is 1. The SMILES string of the molecule is C=C(CN1Cc2c(-c3ccc4[nH]nc(-c5cccnc5)c4c3)ccc(N)c2C1=O)C(N)=O. The molecule has 2 aromatic heterocycles. The minimum Gasteiger partial charge on any atom is -0.398 e. The minimum atomic E-state index is -0.629. The van der Waals surface area contributed by atoms with Crippen molar-refractivity contribution in [3.05, 3.63) is 78.1 Å². The summed E-state index contributed by atoms with van der Waals surface area (Å²) in [6, 6.07) is 13.5. The van der Waals surface area contributed by atoms with E-state index in [4.69, 9.17) is 11.5 Å². The fourth-order valence-electron chi connectivity index (χ4n) is 4.11. The van der Waals surface area contributed by atoms with E-state index in [0.717, 1.165) is 38.9 Å². The predicted molar refractivity (Wildman–Crippen MR) is 122 cm³/mol. The number of rotatable bonds is 5. The normalized spacial score (nSPS) is 12.9. The number of benzene rings is 2. The smallest absolute Gasteiger partial charge is 0.256 e. The Hall–Kier alpha value is -4.46. The molecule has 0 aliphatic carbocycles. The molecule has 4 aromatic rings. The van der Waals surface area contributed by atoms with Gasteiger partial charge >= 0.3 is 0 Å². The fraction of sp³-hybridized carbons (Fsp3) is 0.0833. The number of hydrogen-bond donors (Lipinski definition) is 3. The molecular weight excluding hydrogens is 404 g/mol. The number of aromatic nitrogens is 3. The van der Waals surface area contributed by atoms with Crippen molar-refractivity contribution in [2.75, 3.05) is 12.3 Å². The number of carbonyl (C=O) groups excluding carboxylic acids is 2. The van der Waals surface area contributed by atoms with E-state index in [1.165, 1.54) is 4.90 Å². The van der Waals surface area contributed by atoms with E-state index in [1.807, 2.05) is 36.4 Å². The monoisotopic (exact) mass is 424 g/mol. The van der Waals surface area contributed by atoms with Crippen molar-refractivity contribution >= 4 is 28.4 Å². The van der Waals surface area contributed by atoms with Crippen molar-refractivity contribution < 1.29 is 9.59 Å². The summed E-state index contributed by atoms with van der Waals surface area (Å²) in [6.45, 7) is 4.05. The zero-order valence-corrected chi connectivity index (χ0v) is 17.1. The second-order valence-electron chi connectivity index (χ2n) is 7.76. The lowest BCUT2D eigenvalue weighted by Gasteiger charge is -2.15. The molecule has 8 nitrogen and oxygen atoms in total. The summed E-state index contributed by atoms with van der Waals surface area (Å²) in [5.74, 6) is -0.863. The first-order chi connectivity index (χ1) is 15.4. The Balaban J connectivity index is 1.60. The van der Waals surface area contributed by atoms with Crippen LogP contribution in [0.25, 0.3) is 33.3 Å². The molecule has 1 aliphatic rings. The third-order valence-electron chi connectivity index (χ3n) is 5.73. The second-order valence-corrected chi connectivity index (χ2v) is 7.76. The van der Waals surface area contributed by atoms with Gasteiger partial charge in [-0.15, -0.1) is 0 Å². The number of nitrogens with two attached hydrogens (primary N) is 2. The molecule has 0 fully saturated rings. The minimum absolute atomic E-state index is 0.0631.